The minimum Gasteiger partial charge on any atom is -0.480 e. The zero-order valence-electron chi connectivity index (χ0n) is 8.42. The van der Waals surface area contributed by atoms with E-state index in [1.165, 1.54) is 0 Å². The van der Waals surface area contributed by atoms with Crippen LogP contribution in [0.15, 0.2) is 0 Å². The molecule has 5 heteroatoms. The first kappa shape index (κ1) is 12.9. The average Bonchev–Trinajstić information content (AvgIpc) is 2.15. The van der Waals surface area contributed by atoms with Gasteiger partial charge in [-0.2, -0.15) is 0 Å². The Morgan fingerprint density at radius 3 is 2.14 bits per heavy atom. The van der Waals surface area contributed by atoms with Crippen molar-refractivity contribution in [2.24, 2.45) is 5.92 Å². The van der Waals surface area contributed by atoms with E-state index >= 15 is 0 Å². The van der Waals surface area contributed by atoms with Gasteiger partial charge in [0.1, 0.15) is 6.67 Å². The quantitative estimate of drug-likeness (QED) is 0.678. The first-order chi connectivity index (χ1) is 6.56. The fourth-order valence-electron chi connectivity index (χ4n) is 1.12. The van der Waals surface area contributed by atoms with Gasteiger partial charge >= 0.3 is 5.97 Å². The zero-order chi connectivity index (χ0) is 11.1. The van der Waals surface area contributed by atoms with E-state index < -0.39 is 18.7 Å². The van der Waals surface area contributed by atoms with Crippen LogP contribution in [0.3, 0.4) is 0 Å². The van der Waals surface area contributed by atoms with Crippen molar-refractivity contribution in [3.05, 3.63) is 0 Å². The summed E-state index contributed by atoms with van der Waals surface area (Å²) in [5, 5.41) is 10.6. The maximum atomic E-state index is 12.1. The van der Waals surface area contributed by atoms with Crippen molar-refractivity contribution in [1.29, 1.82) is 0 Å². The standard InChI is InChI=1S/C9H16FNO3/c1-3-6(4-2)8(12)11-7(5-10)9(13)14/h6-7H,3-5H2,1-2H3,(H,11,12)(H,13,14). The third-order valence-electron chi connectivity index (χ3n) is 2.13. The topological polar surface area (TPSA) is 66.4 Å². The summed E-state index contributed by atoms with van der Waals surface area (Å²) < 4.78 is 12.1. The summed E-state index contributed by atoms with van der Waals surface area (Å²) in [6.07, 6.45) is 1.25. The Bertz CT molecular complexity index is 204. The summed E-state index contributed by atoms with van der Waals surface area (Å²) in [5.41, 5.74) is 0. The van der Waals surface area contributed by atoms with E-state index in [-0.39, 0.29) is 11.8 Å². The summed E-state index contributed by atoms with van der Waals surface area (Å²) in [6.45, 7) is 2.58. The number of aliphatic carboxylic acids is 1. The summed E-state index contributed by atoms with van der Waals surface area (Å²) in [7, 11) is 0. The maximum Gasteiger partial charge on any atom is 0.328 e. The molecule has 0 rings (SSSR count). The number of carboxylic acids is 1. The number of amides is 1. The van der Waals surface area contributed by atoms with Gasteiger partial charge in [-0.3, -0.25) is 4.79 Å². The van der Waals surface area contributed by atoms with Crippen LogP contribution in [0, 0.1) is 5.92 Å². The van der Waals surface area contributed by atoms with Gasteiger partial charge in [0, 0.05) is 5.92 Å². The van der Waals surface area contributed by atoms with Crippen molar-refractivity contribution in [3.63, 3.8) is 0 Å². The molecule has 1 amide bonds. The molecule has 0 aromatic heterocycles. The second-order valence-electron chi connectivity index (χ2n) is 3.07. The van der Waals surface area contributed by atoms with Gasteiger partial charge in [0.25, 0.3) is 0 Å². The number of hydrogen-bond donors (Lipinski definition) is 2. The number of alkyl halides is 1. The molecular formula is C9H16FNO3. The highest BCUT2D eigenvalue weighted by Crippen LogP contribution is 2.07. The Hall–Kier alpha value is -1.13. The van der Waals surface area contributed by atoms with Gasteiger partial charge in [0.05, 0.1) is 0 Å². The van der Waals surface area contributed by atoms with Crippen LogP contribution in [0.25, 0.3) is 0 Å². The summed E-state index contributed by atoms with van der Waals surface area (Å²) in [4.78, 5) is 21.7. The van der Waals surface area contributed by atoms with Crippen LogP contribution in [0.5, 0.6) is 0 Å². The predicted molar refractivity (Wildman–Crippen MR) is 49.6 cm³/mol. The smallest absolute Gasteiger partial charge is 0.328 e. The van der Waals surface area contributed by atoms with Crippen molar-refractivity contribution in [2.75, 3.05) is 6.67 Å². The molecule has 0 aromatic rings. The molecule has 1 unspecified atom stereocenters. The van der Waals surface area contributed by atoms with Crippen LogP contribution >= 0.6 is 0 Å². The number of hydrogen-bond acceptors (Lipinski definition) is 2. The number of halogens is 1. The molecule has 0 aromatic carbocycles. The number of nitrogens with one attached hydrogen (secondary N) is 1. The summed E-state index contributed by atoms with van der Waals surface area (Å²) >= 11 is 0. The molecule has 0 aliphatic rings. The van der Waals surface area contributed by atoms with E-state index in [1.54, 1.807) is 0 Å². The molecule has 4 nitrogen and oxygen atoms in total. The monoisotopic (exact) mass is 205 g/mol. The fourth-order valence-corrected chi connectivity index (χ4v) is 1.12. The van der Waals surface area contributed by atoms with Crippen molar-refractivity contribution in [1.82, 2.24) is 5.32 Å². The van der Waals surface area contributed by atoms with Crippen LogP contribution in [-0.4, -0.2) is 29.7 Å². The number of carbonyl (C=O) groups is 2. The molecule has 14 heavy (non-hydrogen) atoms. The van der Waals surface area contributed by atoms with E-state index in [2.05, 4.69) is 5.32 Å². The molecule has 0 aliphatic carbocycles. The summed E-state index contributed by atoms with van der Waals surface area (Å²) in [6, 6.07) is -1.41. The van der Waals surface area contributed by atoms with Gasteiger partial charge in [-0.05, 0) is 12.8 Å². The molecule has 0 bridgehead atoms. The lowest BCUT2D eigenvalue weighted by Crippen LogP contribution is -2.44. The highest BCUT2D eigenvalue weighted by atomic mass is 19.1. The molecule has 0 fully saturated rings. The first-order valence-electron chi connectivity index (χ1n) is 4.65. The van der Waals surface area contributed by atoms with Gasteiger partial charge in [-0.25, -0.2) is 9.18 Å². The molecule has 0 aliphatic heterocycles. The molecule has 0 radical (unpaired) electrons. The lowest BCUT2D eigenvalue weighted by atomic mass is 10.0. The Labute approximate surface area is 82.5 Å². The third-order valence-corrected chi connectivity index (χ3v) is 2.13. The van der Waals surface area contributed by atoms with Gasteiger partial charge in [0.15, 0.2) is 6.04 Å². The van der Waals surface area contributed by atoms with E-state index in [1.807, 2.05) is 13.8 Å². The molecule has 82 valence electrons. The van der Waals surface area contributed by atoms with Crippen LogP contribution in [0.4, 0.5) is 4.39 Å². The van der Waals surface area contributed by atoms with E-state index in [9.17, 15) is 14.0 Å². The van der Waals surface area contributed by atoms with Crippen LogP contribution in [0.2, 0.25) is 0 Å². The number of rotatable bonds is 6. The van der Waals surface area contributed by atoms with Crippen LogP contribution in [-0.2, 0) is 9.59 Å². The molecule has 0 spiro atoms. The van der Waals surface area contributed by atoms with Crippen LogP contribution < -0.4 is 5.32 Å². The second kappa shape index (κ2) is 6.34. The Balaban J connectivity index is 4.20. The lowest BCUT2D eigenvalue weighted by Gasteiger charge is -2.15. The Kier molecular flexibility index (Phi) is 5.83. The van der Waals surface area contributed by atoms with Crippen LogP contribution in [0.1, 0.15) is 26.7 Å². The third kappa shape index (κ3) is 3.72. The van der Waals surface area contributed by atoms with Gasteiger partial charge in [-0.15, -0.1) is 0 Å². The molecular weight excluding hydrogens is 189 g/mol. The van der Waals surface area contributed by atoms with Crippen molar-refractivity contribution < 1.29 is 19.1 Å². The highest BCUT2D eigenvalue weighted by Gasteiger charge is 2.22. The molecule has 2 N–H and O–H groups in total. The Morgan fingerprint density at radius 2 is 1.86 bits per heavy atom. The second-order valence-corrected chi connectivity index (χ2v) is 3.07. The highest BCUT2D eigenvalue weighted by molar-refractivity contribution is 5.84. The van der Waals surface area contributed by atoms with Crippen molar-refractivity contribution in [3.8, 4) is 0 Å². The molecule has 0 heterocycles. The van der Waals surface area contributed by atoms with E-state index in [4.69, 9.17) is 5.11 Å². The fraction of sp³-hybridized carbons (Fsp3) is 0.778. The minimum atomic E-state index is -1.41. The SMILES string of the molecule is CCC(CC)C(=O)NC(CF)C(=O)O. The van der Waals surface area contributed by atoms with E-state index in [0.29, 0.717) is 12.8 Å². The van der Waals surface area contributed by atoms with Crippen molar-refractivity contribution >= 4 is 11.9 Å². The largest absolute Gasteiger partial charge is 0.480 e. The van der Waals surface area contributed by atoms with Crippen molar-refractivity contribution in [2.45, 2.75) is 32.7 Å². The maximum absolute atomic E-state index is 12.1. The predicted octanol–water partition coefficient (Wildman–Crippen LogP) is 0.962. The summed E-state index contributed by atoms with van der Waals surface area (Å²) in [5.74, 6) is -1.96. The Morgan fingerprint density at radius 1 is 1.36 bits per heavy atom. The first-order valence-corrected chi connectivity index (χ1v) is 4.65. The molecule has 1 atom stereocenters. The van der Waals surface area contributed by atoms with Gasteiger partial charge in [0.2, 0.25) is 5.91 Å². The average molecular weight is 205 g/mol. The normalized spacial score (nSPS) is 12.6. The van der Waals surface area contributed by atoms with Gasteiger partial charge < -0.3 is 10.4 Å². The van der Waals surface area contributed by atoms with E-state index in [0.717, 1.165) is 0 Å². The van der Waals surface area contributed by atoms with Gasteiger partial charge in [-0.1, -0.05) is 13.8 Å². The zero-order valence-corrected chi connectivity index (χ0v) is 8.42. The molecule has 0 saturated heterocycles. The number of carboxylic acid groups (broad SMARTS) is 1. The number of carbonyl (C=O) groups excluding carboxylic acids is 1. The molecule has 0 saturated carbocycles. The lowest BCUT2D eigenvalue weighted by molar-refractivity contribution is -0.143. The minimum absolute atomic E-state index is 0.233.